The van der Waals surface area contributed by atoms with Crippen molar-refractivity contribution in [1.29, 1.82) is 0 Å². The fourth-order valence-electron chi connectivity index (χ4n) is 3.07. The Bertz CT molecular complexity index is 671. The summed E-state index contributed by atoms with van der Waals surface area (Å²) in [6.45, 7) is 5.78. The number of hydrogen-bond donors (Lipinski definition) is 2. The summed E-state index contributed by atoms with van der Waals surface area (Å²) < 4.78 is 1.88. The minimum absolute atomic E-state index is 0. The van der Waals surface area contributed by atoms with E-state index >= 15 is 0 Å². The molecule has 2 N–H and O–H groups in total. The van der Waals surface area contributed by atoms with Gasteiger partial charge in [0.1, 0.15) is 0 Å². The smallest absolute Gasteiger partial charge is 0.255 e. The topological polar surface area (TPSA) is 59.0 Å². The quantitative estimate of drug-likeness (QED) is 0.892. The third-order valence-electron chi connectivity index (χ3n) is 4.60. The fraction of sp³-hybridized carbons (Fsp3) is 0.444. The summed E-state index contributed by atoms with van der Waals surface area (Å²) in [5.41, 5.74) is 2.75. The first kappa shape index (κ1) is 18.5. The molecule has 0 spiro atoms. The van der Waals surface area contributed by atoms with E-state index < -0.39 is 0 Å². The largest absolute Gasteiger partial charge is 0.348 e. The van der Waals surface area contributed by atoms with E-state index in [9.17, 15) is 4.79 Å². The Morgan fingerprint density at radius 3 is 2.83 bits per heavy atom. The molecule has 1 aromatic heterocycles. The van der Waals surface area contributed by atoms with Crippen LogP contribution in [-0.2, 0) is 6.54 Å². The highest BCUT2D eigenvalue weighted by Gasteiger charge is 2.24. The van der Waals surface area contributed by atoms with Crippen LogP contribution in [0.1, 0.15) is 41.4 Å². The molecule has 1 aliphatic heterocycles. The van der Waals surface area contributed by atoms with Gasteiger partial charge in [0.15, 0.2) is 0 Å². The molecule has 0 aliphatic carbocycles. The van der Waals surface area contributed by atoms with Crippen molar-refractivity contribution < 1.29 is 4.79 Å². The molecule has 1 amide bonds. The highest BCUT2D eigenvalue weighted by molar-refractivity contribution is 5.95. The summed E-state index contributed by atoms with van der Waals surface area (Å²) in [6, 6.07) is 10.7. The van der Waals surface area contributed by atoms with Crippen molar-refractivity contribution in [2.45, 2.75) is 45.3 Å². The molecule has 6 heteroatoms. The van der Waals surface area contributed by atoms with Crippen molar-refractivity contribution in [3.05, 3.63) is 53.3 Å². The van der Waals surface area contributed by atoms with Crippen LogP contribution in [0.3, 0.4) is 0 Å². The van der Waals surface area contributed by atoms with Crippen LogP contribution in [0.25, 0.3) is 0 Å². The first-order chi connectivity index (χ1) is 11.1. The number of rotatable bonds is 4. The molecule has 0 saturated carbocycles. The van der Waals surface area contributed by atoms with Gasteiger partial charge in [0.2, 0.25) is 0 Å². The van der Waals surface area contributed by atoms with Crippen LogP contribution < -0.4 is 10.6 Å². The number of amides is 1. The Kier molecular flexibility index (Phi) is 6.40. The van der Waals surface area contributed by atoms with Crippen LogP contribution in [0.15, 0.2) is 36.5 Å². The van der Waals surface area contributed by atoms with Gasteiger partial charge in [-0.15, -0.1) is 12.4 Å². The molecule has 2 atom stereocenters. The highest BCUT2D eigenvalue weighted by Crippen LogP contribution is 2.13. The monoisotopic (exact) mass is 348 g/mol. The molecule has 2 unspecified atom stereocenters. The van der Waals surface area contributed by atoms with Crippen LogP contribution in [0.2, 0.25) is 0 Å². The summed E-state index contributed by atoms with van der Waals surface area (Å²) in [4.78, 5) is 12.6. The van der Waals surface area contributed by atoms with Gasteiger partial charge in [-0.25, -0.2) is 0 Å². The molecule has 1 fully saturated rings. The minimum atomic E-state index is -0.0256. The Labute approximate surface area is 149 Å². The number of piperidine rings is 1. The van der Waals surface area contributed by atoms with E-state index in [0.29, 0.717) is 18.2 Å². The predicted molar refractivity (Wildman–Crippen MR) is 97.7 cm³/mol. The molecule has 2 aromatic rings. The van der Waals surface area contributed by atoms with Crippen LogP contribution in [0, 0.1) is 6.92 Å². The van der Waals surface area contributed by atoms with E-state index in [4.69, 9.17) is 0 Å². The van der Waals surface area contributed by atoms with Gasteiger partial charge >= 0.3 is 0 Å². The lowest BCUT2D eigenvalue weighted by Crippen LogP contribution is -2.51. The Morgan fingerprint density at radius 2 is 2.12 bits per heavy atom. The molecular weight excluding hydrogens is 324 g/mol. The Balaban J connectivity index is 0.00000208. The Morgan fingerprint density at radius 1 is 1.38 bits per heavy atom. The first-order valence-electron chi connectivity index (χ1n) is 8.25. The second-order valence-corrected chi connectivity index (χ2v) is 6.25. The molecule has 1 saturated heterocycles. The van der Waals surface area contributed by atoms with Crippen LogP contribution in [-0.4, -0.2) is 34.3 Å². The predicted octanol–water partition coefficient (Wildman–Crippen LogP) is 2.53. The van der Waals surface area contributed by atoms with E-state index in [1.807, 2.05) is 29.8 Å². The van der Waals surface area contributed by atoms with Crippen LogP contribution >= 0.6 is 12.4 Å². The first-order valence-corrected chi connectivity index (χ1v) is 8.25. The summed E-state index contributed by atoms with van der Waals surface area (Å²) >= 11 is 0. The molecule has 130 valence electrons. The van der Waals surface area contributed by atoms with E-state index in [1.54, 1.807) is 6.20 Å². The standard InChI is InChI=1S/C18H24N4O.ClH/c1-13-17(9-6-10-19-13)21-18(23)16-11-20-22(14(16)2)12-15-7-4-3-5-8-15;/h3-5,7-8,11,13,17,19H,6,9-10,12H2,1-2H3,(H,21,23);1H. The molecule has 0 bridgehead atoms. The summed E-state index contributed by atoms with van der Waals surface area (Å²) in [7, 11) is 0. The Hall–Kier alpha value is -1.85. The second kappa shape index (κ2) is 8.31. The molecule has 24 heavy (non-hydrogen) atoms. The third kappa shape index (κ3) is 4.16. The number of halogens is 1. The van der Waals surface area contributed by atoms with Gasteiger partial charge < -0.3 is 10.6 Å². The van der Waals surface area contributed by atoms with E-state index in [2.05, 4.69) is 34.8 Å². The number of nitrogens with one attached hydrogen (secondary N) is 2. The SMILES string of the molecule is Cc1c(C(=O)NC2CCCNC2C)cnn1Cc1ccccc1.Cl. The molecule has 1 aliphatic rings. The zero-order valence-corrected chi connectivity index (χ0v) is 15.0. The van der Waals surface area contributed by atoms with Crippen molar-refractivity contribution in [1.82, 2.24) is 20.4 Å². The molecule has 1 aromatic carbocycles. The van der Waals surface area contributed by atoms with E-state index in [1.165, 1.54) is 5.56 Å². The van der Waals surface area contributed by atoms with Gasteiger partial charge in [-0.1, -0.05) is 30.3 Å². The van der Waals surface area contributed by atoms with Crippen molar-refractivity contribution >= 4 is 18.3 Å². The number of carbonyl (C=O) groups is 1. The van der Waals surface area contributed by atoms with Gasteiger partial charge in [-0.2, -0.15) is 5.10 Å². The number of nitrogens with zero attached hydrogens (tertiary/aromatic N) is 2. The van der Waals surface area contributed by atoms with Crippen LogP contribution in [0.5, 0.6) is 0 Å². The zero-order chi connectivity index (χ0) is 16.2. The molecule has 0 radical (unpaired) electrons. The highest BCUT2D eigenvalue weighted by atomic mass is 35.5. The average Bonchev–Trinajstić information content (AvgIpc) is 2.92. The van der Waals surface area contributed by atoms with Gasteiger partial charge in [-0.3, -0.25) is 9.48 Å². The summed E-state index contributed by atoms with van der Waals surface area (Å²) in [6.07, 6.45) is 3.80. The van der Waals surface area contributed by atoms with Gasteiger partial charge in [-0.05, 0) is 38.8 Å². The number of carbonyl (C=O) groups excluding carboxylic acids is 1. The maximum atomic E-state index is 12.6. The normalized spacial score (nSPS) is 20.2. The zero-order valence-electron chi connectivity index (χ0n) is 14.2. The van der Waals surface area contributed by atoms with Gasteiger partial charge in [0, 0.05) is 17.8 Å². The number of aromatic nitrogens is 2. The van der Waals surface area contributed by atoms with E-state index in [0.717, 1.165) is 25.1 Å². The van der Waals surface area contributed by atoms with Crippen molar-refractivity contribution in [3.63, 3.8) is 0 Å². The fourth-order valence-corrected chi connectivity index (χ4v) is 3.07. The lowest BCUT2D eigenvalue weighted by Gasteiger charge is -2.30. The number of hydrogen-bond acceptors (Lipinski definition) is 3. The molecular formula is C18H25ClN4O. The molecule has 3 rings (SSSR count). The lowest BCUT2D eigenvalue weighted by molar-refractivity contribution is 0.0919. The lowest BCUT2D eigenvalue weighted by atomic mass is 9.99. The van der Waals surface area contributed by atoms with Gasteiger partial charge in [0.05, 0.1) is 18.3 Å². The molecule has 5 nitrogen and oxygen atoms in total. The third-order valence-corrected chi connectivity index (χ3v) is 4.60. The average molecular weight is 349 g/mol. The van der Waals surface area contributed by atoms with Crippen molar-refractivity contribution in [2.24, 2.45) is 0 Å². The summed E-state index contributed by atoms with van der Waals surface area (Å²) in [5, 5.41) is 10.9. The minimum Gasteiger partial charge on any atom is -0.348 e. The maximum absolute atomic E-state index is 12.6. The van der Waals surface area contributed by atoms with Crippen LogP contribution in [0.4, 0.5) is 0 Å². The van der Waals surface area contributed by atoms with Gasteiger partial charge in [0.25, 0.3) is 5.91 Å². The summed E-state index contributed by atoms with van der Waals surface area (Å²) in [5.74, 6) is -0.0256. The second-order valence-electron chi connectivity index (χ2n) is 6.25. The van der Waals surface area contributed by atoms with Crippen molar-refractivity contribution in [2.75, 3.05) is 6.54 Å². The number of benzene rings is 1. The molecule has 2 heterocycles. The van der Waals surface area contributed by atoms with Crippen molar-refractivity contribution in [3.8, 4) is 0 Å². The van der Waals surface area contributed by atoms with E-state index in [-0.39, 0.29) is 24.4 Å². The maximum Gasteiger partial charge on any atom is 0.255 e.